The largest absolute Gasteiger partial charge is 0.477 e. The van der Waals surface area contributed by atoms with Crippen molar-refractivity contribution >= 4 is 34.8 Å². The number of carboxylic acid groups (broad SMARTS) is 1. The van der Waals surface area contributed by atoms with E-state index in [2.05, 4.69) is 29.2 Å². The summed E-state index contributed by atoms with van der Waals surface area (Å²) in [5.41, 5.74) is 0.895. The zero-order chi connectivity index (χ0) is 22.8. The molecule has 2 N–H and O–H groups in total. The molecule has 4 heterocycles. The van der Waals surface area contributed by atoms with E-state index in [1.54, 1.807) is 18.3 Å². The first-order valence-corrected chi connectivity index (χ1v) is 11.7. The molecule has 170 valence electrons. The quantitative estimate of drug-likeness (QED) is 0.529. The molecule has 0 aromatic carbocycles. The van der Waals surface area contributed by atoms with Gasteiger partial charge in [-0.25, -0.2) is 4.79 Å². The van der Waals surface area contributed by atoms with Crippen molar-refractivity contribution in [2.45, 2.75) is 45.3 Å². The number of rotatable bonds is 7. The third-order valence-electron chi connectivity index (χ3n) is 5.68. The molecule has 0 radical (unpaired) electrons. The maximum Gasteiger partial charge on any atom is 0.352 e. The van der Waals surface area contributed by atoms with Crippen LogP contribution in [0.25, 0.3) is 10.6 Å². The molecule has 8 nitrogen and oxygen atoms in total. The van der Waals surface area contributed by atoms with Gasteiger partial charge in [-0.3, -0.25) is 4.79 Å². The predicted molar refractivity (Wildman–Crippen MR) is 123 cm³/mol. The second kappa shape index (κ2) is 9.48. The van der Waals surface area contributed by atoms with Crippen molar-refractivity contribution < 1.29 is 19.2 Å². The number of carbonyl (C=O) groups is 2. The number of aromatic carboxylic acids is 1. The van der Waals surface area contributed by atoms with Gasteiger partial charge in [0.2, 0.25) is 0 Å². The van der Waals surface area contributed by atoms with Gasteiger partial charge in [-0.2, -0.15) is 0 Å². The van der Waals surface area contributed by atoms with Crippen LogP contribution in [0.3, 0.4) is 0 Å². The fraction of sp³-hybridized carbons (Fsp3) is 0.409. The van der Waals surface area contributed by atoms with Crippen LogP contribution in [0.15, 0.2) is 35.0 Å². The monoisotopic (exact) mass is 476 g/mol. The van der Waals surface area contributed by atoms with Crippen molar-refractivity contribution in [2.75, 3.05) is 13.1 Å². The molecule has 1 fully saturated rings. The van der Waals surface area contributed by atoms with Gasteiger partial charge in [-0.05, 0) is 44.9 Å². The summed E-state index contributed by atoms with van der Waals surface area (Å²) in [6.07, 6.45) is 3.31. The Bertz CT molecular complexity index is 1110. The number of likely N-dealkylation sites (tertiary alicyclic amines) is 1. The topological polar surface area (TPSA) is 101 Å². The molecule has 1 aliphatic rings. The van der Waals surface area contributed by atoms with Crippen LogP contribution in [0.2, 0.25) is 4.34 Å². The van der Waals surface area contributed by atoms with Crippen molar-refractivity contribution in [3.05, 3.63) is 51.7 Å². The van der Waals surface area contributed by atoms with E-state index in [0.29, 0.717) is 27.4 Å². The van der Waals surface area contributed by atoms with E-state index < -0.39 is 5.97 Å². The number of aromatic nitrogens is 2. The highest BCUT2D eigenvalue weighted by Crippen LogP contribution is 2.31. The highest BCUT2D eigenvalue weighted by atomic mass is 35.5. The van der Waals surface area contributed by atoms with Gasteiger partial charge in [0.05, 0.1) is 21.3 Å². The Morgan fingerprint density at radius 3 is 2.69 bits per heavy atom. The molecule has 10 heteroatoms. The molecule has 0 atom stereocenters. The molecule has 0 unspecified atom stereocenters. The third-order valence-corrected chi connectivity index (χ3v) is 6.93. The van der Waals surface area contributed by atoms with Crippen molar-refractivity contribution in [2.24, 2.45) is 0 Å². The van der Waals surface area contributed by atoms with Crippen LogP contribution in [-0.4, -0.2) is 56.8 Å². The van der Waals surface area contributed by atoms with Gasteiger partial charge in [0, 0.05) is 37.4 Å². The Morgan fingerprint density at radius 2 is 2.06 bits per heavy atom. The van der Waals surface area contributed by atoms with Crippen molar-refractivity contribution in [1.82, 2.24) is 19.9 Å². The molecule has 3 aromatic rings. The Labute approximate surface area is 194 Å². The smallest absolute Gasteiger partial charge is 0.352 e. The second-order valence-electron chi connectivity index (χ2n) is 8.21. The summed E-state index contributed by atoms with van der Waals surface area (Å²) in [4.78, 5) is 27.8. The molecular formula is C22H25ClN4O4S. The Balaban J connectivity index is 1.45. The minimum atomic E-state index is -1.11. The van der Waals surface area contributed by atoms with E-state index in [0.717, 1.165) is 30.8 Å². The van der Waals surface area contributed by atoms with Gasteiger partial charge in [-0.1, -0.05) is 16.8 Å². The summed E-state index contributed by atoms with van der Waals surface area (Å²) in [5, 5.41) is 16.7. The second-order valence-corrected chi connectivity index (χ2v) is 9.93. The van der Waals surface area contributed by atoms with Crippen molar-refractivity contribution in [3.8, 4) is 10.6 Å². The number of nitrogens with zero attached hydrogens (tertiary/aromatic N) is 3. The van der Waals surface area contributed by atoms with Crippen LogP contribution >= 0.6 is 22.9 Å². The Hall–Kier alpha value is -2.62. The predicted octanol–water partition coefficient (Wildman–Crippen LogP) is 4.21. The molecule has 32 heavy (non-hydrogen) atoms. The summed E-state index contributed by atoms with van der Waals surface area (Å²) >= 11 is 7.34. The molecule has 4 rings (SSSR count). The number of nitrogens with one attached hydrogen (secondary N) is 1. The number of carboxylic acids is 1. The number of piperidine rings is 1. The van der Waals surface area contributed by atoms with Crippen LogP contribution in [-0.2, 0) is 6.54 Å². The summed E-state index contributed by atoms with van der Waals surface area (Å²) in [7, 11) is 0. The van der Waals surface area contributed by atoms with Crippen LogP contribution < -0.4 is 5.32 Å². The lowest BCUT2D eigenvalue weighted by molar-refractivity contribution is 0.0685. The van der Waals surface area contributed by atoms with Gasteiger partial charge >= 0.3 is 5.97 Å². The first-order chi connectivity index (χ1) is 15.3. The maximum absolute atomic E-state index is 12.8. The zero-order valence-electron chi connectivity index (χ0n) is 17.9. The molecule has 0 bridgehead atoms. The molecular weight excluding hydrogens is 452 g/mol. The lowest BCUT2D eigenvalue weighted by Gasteiger charge is -2.34. The minimum Gasteiger partial charge on any atom is -0.477 e. The van der Waals surface area contributed by atoms with Crippen molar-refractivity contribution in [3.63, 3.8) is 0 Å². The van der Waals surface area contributed by atoms with E-state index in [1.165, 1.54) is 22.0 Å². The third kappa shape index (κ3) is 5.06. The number of hydrogen-bond donors (Lipinski definition) is 2. The number of thiophene rings is 1. The lowest BCUT2D eigenvalue weighted by atomic mass is 10.0. The van der Waals surface area contributed by atoms with Gasteiger partial charge in [0.1, 0.15) is 11.4 Å². The standard InChI is InChI=1S/C22H25ClN4O4S/c1-13(2)26-7-5-15(6-8-26)24-21(28)14-9-17(22(29)30)27(11-14)12-16-10-18(31-25-16)19-3-4-20(23)32-19/h3-4,9-11,13,15H,5-8,12H2,1-2H3,(H,24,28)(H,29,30). The average Bonchev–Trinajstić information content (AvgIpc) is 3.48. The van der Waals surface area contributed by atoms with Crippen LogP contribution in [0, 0.1) is 0 Å². The average molecular weight is 477 g/mol. The van der Waals surface area contributed by atoms with Crippen molar-refractivity contribution in [1.29, 1.82) is 0 Å². The first-order valence-electron chi connectivity index (χ1n) is 10.5. The normalized spacial score (nSPS) is 15.4. The van der Waals surface area contributed by atoms with E-state index >= 15 is 0 Å². The molecule has 3 aromatic heterocycles. The lowest BCUT2D eigenvalue weighted by Crippen LogP contribution is -2.46. The van der Waals surface area contributed by atoms with E-state index in [-0.39, 0.29) is 24.2 Å². The fourth-order valence-electron chi connectivity index (χ4n) is 3.90. The molecule has 1 aliphatic heterocycles. The van der Waals surface area contributed by atoms with Gasteiger partial charge in [0.25, 0.3) is 5.91 Å². The maximum atomic E-state index is 12.8. The van der Waals surface area contributed by atoms with E-state index in [9.17, 15) is 14.7 Å². The SMILES string of the molecule is CC(C)N1CCC(NC(=O)c2cc(C(=O)O)n(Cc3cc(-c4ccc(Cl)s4)on3)c2)CC1. The first kappa shape index (κ1) is 22.6. The van der Waals surface area contributed by atoms with E-state index in [1.807, 2.05) is 6.07 Å². The summed E-state index contributed by atoms with van der Waals surface area (Å²) < 4.78 is 7.52. The summed E-state index contributed by atoms with van der Waals surface area (Å²) in [5.74, 6) is -0.807. The summed E-state index contributed by atoms with van der Waals surface area (Å²) in [6, 6.07) is 7.34. The molecule has 1 saturated heterocycles. The molecule has 1 amide bonds. The highest BCUT2D eigenvalue weighted by Gasteiger charge is 2.24. The van der Waals surface area contributed by atoms with Crippen LogP contribution in [0.1, 0.15) is 53.2 Å². The highest BCUT2D eigenvalue weighted by molar-refractivity contribution is 7.19. The Kier molecular flexibility index (Phi) is 6.68. The minimum absolute atomic E-state index is 0.0218. The van der Waals surface area contributed by atoms with Gasteiger partial charge < -0.3 is 24.4 Å². The van der Waals surface area contributed by atoms with Gasteiger partial charge in [0.15, 0.2) is 5.76 Å². The number of hydrogen-bond acceptors (Lipinski definition) is 6. The summed E-state index contributed by atoms with van der Waals surface area (Å²) in [6.45, 7) is 6.39. The fourth-order valence-corrected chi connectivity index (χ4v) is 4.89. The molecule has 0 saturated carbocycles. The number of amides is 1. The van der Waals surface area contributed by atoms with Gasteiger partial charge in [-0.15, -0.1) is 11.3 Å². The molecule has 0 aliphatic carbocycles. The van der Waals surface area contributed by atoms with Crippen LogP contribution in [0.5, 0.6) is 0 Å². The Morgan fingerprint density at radius 1 is 1.31 bits per heavy atom. The van der Waals surface area contributed by atoms with E-state index in [4.69, 9.17) is 16.1 Å². The number of carbonyl (C=O) groups excluding carboxylic acids is 1. The zero-order valence-corrected chi connectivity index (χ0v) is 19.4. The number of halogens is 1. The van der Waals surface area contributed by atoms with Crippen LogP contribution in [0.4, 0.5) is 0 Å². The molecule has 0 spiro atoms.